The SMILES string of the molecule is CC(O)(CNC(=O)N1CCC(O)CC1)CC(=O)O. The molecule has 0 saturated carbocycles. The number of rotatable bonds is 4. The number of hydrogen-bond donors (Lipinski definition) is 4. The van der Waals surface area contributed by atoms with Crippen LogP contribution >= 0.6 is 0 Å². The summed E-state index contributed by atoms with van der Waals surface area (Å²) in [6.45, 7) is 2.18. The number of amides is 2. The average Bonchev–Trinajstić information content (AvgIpc) is 2.25. The highest BCUT2D eigenvalue weighted by atomic mass is 16.4. The fraction of sp³-hybridized carbons (Fsp3) is 0.818. The van der Waals surface area contributed by atoms with E-state index in [1.165, 1.54) is 6.92 Å². The van der Waals surface area contributed by atoms with Gasteiger partial charge in [0.1, 0.15) is 0 Å². The molecule has 1 aliphatic rings. The normalized spacial score (nSPS) is 20.3. The van der Waals surface area contributed by atoms with Gasteiger partial charge < -0.3 is 25.5 Å². The van der Waals surface area contributed by atoms with Crippen LogP contribution in [-0.2, 0) is 4.79 Å². The Morgan fingerprint density at radius 2 is 1.94 bits per heavy atom. The zero-order valence-corrected chi connectivity index (χ0v) is 10.4. The first-order valence-corrected chi connectivity index (χ1v) is 5.95. The van der Waals surface area contributed by atoms with Crippen molar-refractivity contribution in [1.29, 1.82) is 0 Å². The van der Waals surface area contributed by atoms with E-state index in [2.05, 4.69) is 5.32 Å². The molecule has 1 heterocycles. The van der Waals surface area contributed by atoms with Crippen LogP contribution in [0.2, 0.25) is 0 Å². The second-order valence-electron chi connectivity index (χ2n) is 4.94. The van der Waals surface area contributed by atoms with E-state index >= 15 is 0 Å². The van der Waals surface area contributed by atoms with Gasteiger partial charge >= 0.3 is 12.0 Å². The van der Waals surface area contributed by atoms with E-state index in [0.717, 1.165) is 0 Å². The van der Waals surface area contributed by atoms with Crippen molar-refractivity contribution in [3.63, 3.8) is 0 Å². The third-order valence-corrected chi connectivity index (χ3v) is 2.90. The highest BCUT2D eigenvalue weighted by Gasteiger charge is 2.27. The van der Waals surface area contributed by atoms with Gasteiger partial charge in [0.05, 0.1) is 18.1 Å². The number of carbonyl (C=O) groups is 2. The number of carbonyl (C=O) groups excluding carboxylic acids is 1. The highest BCUT2D eigenvalue weighted by molar-refractivity contribution is 5.74. The van der Waals surface area contributed by atoms with E-state index in [-0.39, 0.29) is 18.7 Å². The van der Waals surface area contributed by atoms with Crippen molar-refractivity contribution in [3.8, 4) is 0 Å². The molecule has 4 N–H and O–H groups in total. The molecule has 1 unspecified atom stereocenters. The molecule has 1 rings (SSSR count). The number of likely N-dealkylation sites (tertiary alicyclic amines) is 1. The van der Waals surface area contributed by atoms with Crippen molar-refractivity contribution in [3.05, 3.63) is 0 Å². The number of piperidine rings is 1. The first kappa shape index (κ1) is 14.7. The Hall–Kier alpha value is -1.34. The van der Waals surface area contributed by atoms with Gasteiger partial charge in [0.25, 0.3) is 0 Å². The molecule has 0 aromatic heterocycles. The lowest BCUT2D eigenvalue weighted by atomic mass is 10.0. The average molecular weight is 260 g/mol. The quantitative estimate of drug-likeness (QED) is 0.538. The van der Waals surface area contributed by atoms with Crippen molar-refractivity contribution < 1.29 is 24.9 Å². The third kappa shape index (κ3) is 4.89. The van der Waals surface area contributed by atoms with E-state index in [4.69, 9.17) is 5.11 Å². The molecular weight excluding hydrogens is 240 g/mol. The Labute approximate surface area is 105 Å². The van der Waals surface area contributed by atoms with Crippen LogP contribution in [0.15, 0.2) is 0 Å². The molecule has 0 bridgehead atoms. The van der Waals surface area contributed by atoms with Crippen LogP contribution in [-0.4, -0.2) is 63.6 Å². The number of nitrogens with zero attached hydrogens (tertiary/aromatic N) is 1. The van der Waals surface area contributed by atoms with Crippen LogP contribution in [0, 0.1) is 0 Å². The van der Waals surface area contributed by atoms with Crippen molar-refractivity contribution >= 4 is 12.0 Å². The molecule has 0 aromatic rings. The Bertz CT molecular complexity index is 311. The second kappa shape index (κ2) is 6.01. The Balaban J connectivity index is 2.34. The minimum atomic E-state index is -1.46. The maximum Gasteiger partial charge on any atom is 0.317 e. The van der Waals surface area contributed by atoms with Gasteiger partial charge in [-0.15, -0.1) is 0 Å². The summed E-state index contributed by atoms with van der Waals surface area (Å²) in [6.07, 6.45) is 0.299. The number of hydrogen-bond acceptors (Lipinski definition) is 4. The van der Waals surface area contributed by atoms with Crippen molar-refractivity contribution in [2.75, 3.05) is 19.6 Å². The number of urea groups is 1. The highest BCUT2D eigenvalue weighted by Crippen LogP contribution is 2.11. The van der Waals surface area contributed by atoms with Crippen LogP contribution < -0.4 is 5.32 Å². The van der Waals surface area contributed by atoms with Crippen LogP contribution in [0.1, 0.15) is 26.2 Å². The zero-order chi connectivity index (χ0) is 13.8. The number of aliphatic hydroxyl groups is 2. The minimum absolute atomic E-state index is 0.114. The number of carboxylic acids is 1. The summed E-state index contributed by atoms with van der Waals surface area (Å²) in [5.41, 5.74) is -1.46. The van der Waals surface area contributed by atoms with Gasteiger partial charge in [-0.2, -0.15) is 0 Å². The molecule has 1 fully saturated rings. The fourth-order valence-electron chi connectivity index (χ4n) is 1.84. The molecule has 0 aromatic carbocycles. The Morgan fingerprint density at radius 1 is 1.39 bits per heavy atom. The standard InChI is InChI=1S/C11H20N2O5/c1-11(18,6-9(15)16)7-12-10(17)13-4-2-8(14)3-5-13/h8,14,18H,2-7H2,1H3,(H,12,17)(H,15,16). The van der Waals surface area contributed by atoms with E-state index in [0.29, 0.717) is 25.9 Å². The summed E-state index contributed by atoms with van der Waals surface area (Å²) in [7, 11) is 0. The summed E-state index contributed by atoms with van der Waals surface area (Å²) >= 11 is 0. The van der Waals surface area contributed by atoms with Gasteiger partial charge in [-0.1, -0.05) is 0 Å². The topological polar surface area (TPSA) is 110 Å². The number of aliphatic hydroxyl groups excluding tert-OH is 1. The summed E-state index contributed by atoms with van der Waals surface area (Å²) in [5, 5.41) is 30.1. The zero-order valence-electron chi connectivity index (χ0n) is 10.4. The minimum Gasteiger partial charge on any atom is -0.481 e. The lowest BCUT2D eigenvalue weighted by molar-refractivity contribution is -0.141. The molecule has 7 heteroatoms. The number of carboxylic acid groups (broad SMARTS) is 1. The molecule has 2 amide bonds. The number of nitrogens with one attached hydrogen (secondary N) is 1. The van der Waals surface area contributed by atoms with E-state index in [1.54, 1.807) is 4.90 Å². The first-order valence-electron chi connectivity index (χ1n) is 5.95. The predicted molar refractivity (Wildman–Crippen MR) is 63.1 cm³/mol. The second-order valence-corrected chi connectivity index (χ2v) is 4.94. The molecule has 1 atom stereocenters. The smallest absolute Gasteiger partial charge is 0.317 e. The lowest BCUT2D eigenvalue weighted by Crippen LogP contribution is -2.50. The molecular formula is C11H20N2O5. The largest absolute Gasteiger partial charge is 0.481 e. The first-order chi connectivity index (χ1) is 8.30. The molecule has 0 radical (unpaired) electrons. The molecule has 7 nitrogen and oxygen atoms in total. The summed E-state index contributed by atoms with van der Waals surface area (Å²) < 4.78 is 0. The van der Waals surface area contributed by atoms with E-state index in [9.17, 15) is 19.8 Å². The molecule has 104 valence electrons. The van der Waals surface area contributed by atoms with Crippen molar-refractivity contribution in [2.45, 2.75) is 37.9 Å². The van der Waals surface area contributed by atoms with Gasteiger partial charge in [0.15, 0.2) is 0 Å². The monoisotopic (exact) mass is 260 g/mol. The van der Waals surface area contributed by atoms with Gasteiger partial charge in [0, 0.05) is 19.6 Å². The van der Waals surface area contributed by atoms with Gasteiger partial charge in [-0.3, -0.25) is 4.79 Å². The lowest BCUT2D eigenvalue weighted by Gasteiger charge is -2.31. The maximum atomic E-state index is 11.7. The van der Waals surface area contributed by atoms with Crippen LogP contribution in [0.3, 0.4) is 0 Å². The van der Waals surface area contributed by atoms with Crippen LogP contribution in [0.5, 0.6) is 0 Å². The molecule has 0 spiro atoms. The van der Waals surface area contributed by atoms with Crippen molar-refractivity contribution in [1.82, 2.24) is 10.2 Å². The predicted octanol–water partition coefficient (Wildman–Crippen LogP) is -0.622. The maximum absolute atomic E-state index is 11.7. The van der Waals surface area contributed by atoms with Crippen LogP contribution in [0.4, 0.5) is 4.79 Å². The van der Waals surface area contributed by atoms with Gasteiger partial charge in [-0.05, 0) is 19.8 Å². The summed E-state index contributed by atoms with van der Waals surface area (Å²) in [5.74, 6) is -1.12. The van der Waals surface area contributed by atoms with Gasteiger partial charge in [0.2, 0.25) is 0 Å². The molecule has 0 aliphatic carbocycles. The summed E-state index contributed by atoms with van der Waals surface area (Å²) in [6, 6.07) is -0.340. The van der Waals surface area contributed by atoms with E-state index < -0.39 is 18.0 Å². The Kier molecular flexibility index (Phi) is 4.92. The Morgan fingerprint density at radius 3 is 2.44 bits per heavy atom. The summed E-state index contributed by atoms with van der Waals surface area (Å²) in [4.78, 5) is 23.7. The molecule has 18 heavy (non-hydrogen) atoms. The van der Waals surface area contributed by atoms with Crippen LogP contribution in [0.25, 0.3) is 0 Å². The van der Waals surface area contributed by atoms with E-state index in [1.807, 2.05) is 0 Å². The van der Waals surface area contributed by atoms with Crippen molar-refractivity contribution in [2.24, 2.45) is 0 Å². The molecule has 1 saturated heterocycles. The molecule has 1 aliphatic heterocycles. The third-order valence-electron chi connectivity index (χ3n) is 2.90. The fourth-order valence-corrected chi connectivity index (χ4v) is 1.84. The number of aliphatic carboxylic acids is 1. The van der Waals surface area contributed by atoms with Gasteiger partial charge in [-0.25, -0.2) is 4.79 Å².